The molecule has 0 saturated heterocycles. The Morgan fingerprint density at radius 1 is 1.62 bits per heavy atom. The second-order valence-electron chi connectivity index (χ2n) is 3.25. The third-order valence-electron chi connectivity index (χ3n) is 2.44. The Balaban J connectivity index is 2.19. The van der Waals surface area contributed by atoms with Crippen LogP contribution in [0, 0.1) is 0 Å². The molecule has 2 heterocycles. The Bertz CT molecular complexity index is 298. The van der Waals surface area contributed by atoms with Crippen molar-refractivity contribution in [3.63, 3.8) is 0 Å². The first-order valence-corrected chi connectivity index (χ1v) is 5.45. The van der Waals surface area contributed by atoms with Crippen molar-refractivity contribution in [2.24, 2.45) is 0 Å². The van der Waals surface area contributed by atoms with Crippen LogP contribution < -0.4 is 0 Å². The lowest BCUT2D eigenvalue weighted by molar-refractivity contribution is 0.268. The molecule has 0 bridgehead atoms. The zero-order chi connectivity index (χ0) is 9.26. The average Bonchev–Trinajstić information content (AvgIpc) is 2.58. The summed E-state index contributed by atoms with van der Waals surface area (Å²) in [5.74, 6) is 0. The maximum Gasteiger partial charge on any atom is 0.119 e. The molecule has 0 aliphatic carbocycles. The minimum Gasteiger partial charge on any atom is -0.389 e. The Hall–Kier alpha value is -0.450. The summed E-state index contributed by atoms with van der Waals surface area (Å²) in [5, 5.41) is 9.81. The quantitative estimate of drug-likeness (QED) is 0.770. The van der Waals surface area contributed by atoms with Gasteiger partial charge in [0.1, 0.15) is 5.01 Å². The van der Waals surface area contributed by atoms with Crippen LogP contribution in [-0.2, 0) is 19.6 Å². The molecule has 0 atom stereocenters. The summed E-state index contributed by atoms with van der Waals surface area (Å²) in [6, 6.07) is 0. The summed E-state index contributed by atoms with van der Waals surface area (Å²) < 4.78 is 0. The van der Waals surface area contributed by atoms with Crippen LogP contribution in [0.4, 0.5) is 0 Å². The largest absolute Gasteiger partial charge is 0.389 e. The molecule has 0 fully saturated rings. The molecular formula is C9H14N2OS. The molecule has 2 rings (SSSR count). The number of nitrogens with zero attached hydrogens (tertiary/aromatic N) is 2. The monoisotopic (exact) mass is 198 g/mol. The number of rotatable bonds is 2. The van der Waals surface area contributed by atoms with Crippen LogP contribution in [0.3, 0.4) is 0 Å². The number of aliphatic hydroxyl groups is 1. The van der Waals surface area contributed by atoms with E-state index >= 15 is 0 Å². The van der Waals surface area contributed by atoms with Gasteiger partial charge >= 0.3 is 0 Å². The van der Waals surface area contributed by atoms with Gasteiger partial charge in [-0.25, -0.2) is 4.98 Å². The van der Waals surface area contributed by atoms with Crippen LogP contribution in [0.5, 0.6) is 0 Å². The molecule has 0 saturated carbocycles. The predicted molar refractivity (Wildman–Crippen MR) is 52.7 cm³/mol. The van der Waals surface area contributed by atoms with Gasteiger partial charge in [-0.2, -0.15) is 0 Å². The summed E-state index contributed by atoms with van der Waals surface area (Å²) in [4.78, 5) is 8.13. The molecule has 0 radical (unpaired) electrons. The molecule has 0 aromatic carbocycles. The van der Waals surface area contributed by atoms with Crippen molar-refractivity contribution in [3.05, 3.63) is 15.6 Å². The van der Waals surface area contributed by atoms with E-state index in [1.165, 1.54) is 10.6 Å². The van der Waals surface area contributed by atoms with Gasteiger partial charge in [0.25, 0.3) is 0 Å². The lowest BCUT2D eigenvalue weighted by Gasteiger charge is -2.23. The first-order chi connectivity index (χ1) is 6.33. The van der Waals surface area contributed by atoms with Gasteiger partial charge in [0.15, 0.2) is 0 Å². The van der Waals surface area contributed by atoms with Crippen molar-refractivity contribution in [3.8, 4) is 0 Å². The third kappa shape index (κ3) is 1.75. The minimum atomic E-state index is 0.0871. The first kappa shape index (κ1) is 9.12. The highest BCUT2D eigenvalue weighted by Crippen LogP contribution is 2.24. The lowest BCUT2D eigenvalue weighted by Crippen LogP contribution is -2.29. The molecule has 1 aromatic heterocycles. The van der Waals surface area contributed by atoms with E-state index < -0.39 is 0 Å². The standard InChI is InChI=1S/C9H14N2OS/c1-2-11-4-3-7-8(5-11)13-9(6-12)10-7/h12H,2-6H2,1H3. The van der Waals surface area contributed by atoms with Crippen LogP contribution in [-0.4, -0.2) is 28.1 Å². The van der Waals surface area contributed by atoms with Crippen LogP contribution >= 0.6 is 11.3 Å². The number of likely N-dealkylation sites (N-methyl/N-ethyl adjacent to an activating group) is 1. The van der Waals surface area contributed by atoms with E-state index in [4.69, 9.17) is 5.11 Å². The Kier molecular flexibility index (Phi) is 2.62. The van der Waals surface area contributed by atoms with Crippen LogP contribution in [0.2, 0.25) is 0 Å². The first-order valence-electron chi connectivity index (χ1n) is 4.64. The molecular weight excluding hydrogens is 184 g/mol. The molecule has 1 aromatic rings. The zero-order valence-electron chi connectivity index (χ0n) is 7.79. The number of fused-ring (bicyclic) bond motifs is 1. The van der Waals surface area contributed by atoms with Gasteiger partial charge in [0.2, 0.25) is 0 Å². The fourth-order valence-corrected chi connectivity index (χ4v) is 2.66. The van der Waals surface area contributed by atoms with E-state index in [2.05, 4.69) is 16.8 Å². The highest BCUT2D eigenvalue weighted by Gasteiger charge is 2.18. The van der Waals surface area contributed by atoms with Crippen molar-refractivity contribution >= 4 is 11.3 Å². The molecule has 0 amide bonds. The molecule has 1 aliphatic rings. The van der Waals surface area contributed by atoms with Gasteiger partial charge in [-0.1, -0.05) is 6.92 Å². The zero-order valence-corrected chi connectivity index (χ0v) is 8.60. The number of hydrogen-bond donors (Lipinski definition) is 1. The molecule has 3 nitrogen and oxygen atoms in total. The summed E-state index contributed by atoms with van der Waals surface area (Å²) >= 11 is 1.65. The summed E-state index contributed by atoms with van der Waals surface area (Å²) in [5.41, 5.74) is 1.21. The molecule has 13 heavy (non-hydrogen) atoms. The summed E-state index contributed by atoms with van der Waals surface area (Å²) in [6.07, 6.45) is 1.04. The van der Waals surface area contributed by atoms with Crippen molar-refractivity contribution < 1.29 is 5.11 Å². The number of aliphatic hydroxyl groups excluding tert-OH is 1. The third-order valence-corrected chi connectivity index (χ3v) is 3.50. The van der Waals surface area contributed by atoms with E-state index in [1.54, 1.807) is 11.3 Å². The predicted octanol–water partition coefficient (Wildman–Crippen LogP) is 1.01. The van der Waals surface area contributed by atoms with Crippen LogP contribution in [0.1, 0.15) is 22.5 Å². The maximum atomic E-state index is 8.94. The van der Waals surface area contributed by atoms with Gasteiger partial charge < -0.3 is 5.11 Å². The SMILES string of the molecule is CCN1CCc2nc(CO)sc2C1. The van der Waals surface area contributed by atoms with Crippen molar-refractivity contribution in [2.75, 3.05) is 13.1 Å². The Morgan fingerprint density at radius 2 is 2.46 bits per heavy atom. The van der Waals surface area contributed by atoms with Crippen molar-refractivity contribution in [1.29, 1.82) is 0 Å². The molecule has 1 N–H and O–H groups in total. The van der Waals surface area contributed by atoms with Crippen molar-refractivity contribution in [2.45, 2.75) is 26.5 Å². The van der Waals surface area contributed by atoms with Gasteiger partial charge in [0, 0.05) is 24.4 Å². The number of hydrogen-bond acceptors (Lipinski definition) is 4. The van der Waals surface area contributed by atoms with E-state index in [1.807, 2.05) is 0 Å². The van der Waals surface area contributed by atoms with Crippen LogP contribution in [0.15, 0.2) is 0 Å². The van der Waals surface area contributed by atoms with Gasteiger partial charge in [-0.05, 0) is 6.54 Å². The lowest BCUT2D eigenvalue weighted by atomic mass is 10.2. The van der Waals surface area contributed by atoms with E-state index in [-0.39, 0.29) is 6.61 Å². The molecule has 1 aliphatic heterocycles. The molecule has 4 heteroatoms. The highest BCUT2D eigenvalue weighted by atomic mass is 32.1. The minimum absolute atomic E-state index is 0.0871. The topological polar surface area (TPSA) is 36.4 Å². The van der Waals surface area contributed by atoms with E-state index in [0.717, 1.165) is 31.1 Å². The van der Waals surface area contributed by atoms with Crippen LogP contribution in [0.25, 0.3) is 0 Å². The second-order valence-corrected chi connectivity index (χ2v) is 4.42. The normalized spacial score (nSPS) is 17.4. The van der Waals surface area contributed by atoms with Gasteiger partial charge in [-0.15, -0.1) is 11.3 Å². The van der Waals surface area contributed by atoms with E-state index in [0.29, 0.717) is 0 Å². The fraction of sp³-hybridized carbons (Fsp3) is 0.667. The second kappa shape index (κ2) is 3.74. The fourth-order valence-electron chi connectivity index (χ4n) is 1.64. The maximum absolute atomic E-state index is 8.94. The van der Waals surface area contributed by atoms with Crippen molar-refractivity contribution in [1.82, 2.24) is 9.88 Å². The Morgan fingerprint density at radius 3 is 3.15 bits per heavy atom. The average molecular weight is 198 g/mol. The summed E-state index contributed by atoms with van der Waals surface area (Å²) in [6.45, 7) is 5.50. The van der Waals surface area contributed by atoms with Gasteiger partial charge in [-0.3, -0.25) is 4.90 Å². The molecule has 0 spiro atoms. The summed E-state index contributed by atoms with van der Waals surface area (Å²) in [7, 11) is 0. The van der Waals surface area contributed by atoms with Gasteiger partial charge in [0.05, 0.1) is 12.3 Å². The smallest absolute Gasteiger partial charge is 0.119 e. The van der Waals surface area contributed by atoms with E-state index in [9.17, 15) is 0 Å². The molecule has 0 unspecified atom stereocenters. The number of aromatic nitrogens is 1. The highest BCUT2D eigenvalue weighted by molar-refractivity contribution is 7.11. The molecule has 72 valence electrons. The Labute approximate surface area is 82.0 Å². The number of thiazole rings is 1.